The molecule has 0 aromatic heterocycles. The molecule has 0 aromatic rings. The monoisotopic (exact) mass is 344 g/mol. The van der Waals surface area contributed by atoms with Crippen molar-refractivity contribution in [1.29, 1.82) is 0 Å². The zero-order valence-electron chi connectivity index (χ0n) is 14.4. The van der Waals surface area contributed by atoms with Gasteiger partial charge in [0.25, 0.3) is 0 Å². The zero-order valence-corrected chi connectivity index (χ0v) is 15.2. The molecule has 0 radical (unpaired) electrons. The second kappa shape index (κ2) is 6.79. The van der Waals surface area contributed by atoms with Crippen LogP contribution in [-0.4, -0.2) is 66.2 Å². The van der Waals surface area contributed by atoms with Gasteiger partial charge < -0.3 is 9.80 Å². The van der Waals surface area contributed by atoms with Crippen molar-refractivity contribution in [3.63, 3.8) is 0 Å². The van der Waals surface area contributed by atoms with Crippen molar-refractivity contribution in [3.8, 4) is 0 Å². The van der Waals surface area contributed by atoms with Crippen molar-refractivity contribution in [3.05, 3.63) is 0 Å². The highest BCUT2D eigenvalue weighted by Crippen LogP contribution is 2.23. The summed E-state index contributed by atoms with van der Waals surface area (Å²) in [7, 11) is -3.48. The van der Waals surface area contributed by atoms with E-state index in [4.69, 9.17) is 0 Å². The number of piperidine rings is 1. The number of rotatable bonds is 4. The molecule has 1 unspecified atom stereocenters. The average molecular weight is 344 g/mol. The fraction of sp³-hybridized carbons (Fsp3) is 0.875. The molecular formula is C16H28N2O4S. The third-order valence-electron chi connectivity index (χ3n) is 4.80. The first kappa shape index (κ1) is 18.2. The number of amides is 2. The first-order valence-corrected chi connectivity index (χ1v) is 10.1. The van der Waals surface area contributed by atoms with Crippen LogP contribution in [0.5, 0.6) is 0 Å². The van der Waals surface area contributed by atoms with Crippen LogP contribution >= 0.6 is 0 Å². The molecule has 132 valence electrons. The maximum Gasteiger partial charge on any atom is 0.238 e. The van der Waals surface area contributed by atoms with Crippen LogP contribution in [0.1, 0.15) is 52.9 Å². The van der Waals surface area contributed by atoms with E-state index in [1.807, 2.05) is 4.90 Å². The van der Waals surface area contributed by atoms with Crippen molar-refractivity contribution >= 4 is 21.7 Å². The van der Waals surface area contributed by atoms with Gasteiger partial charge >= 0.3 is 0 Å². The SMILES string of the molecule is CC(C)(C)S(=O)(=O)CC(=O)N1CCCCC1CN1CCCC1=O. The largest absolute Gasteiger partial charge is 0.341 e. The quantitative estimate of drug-likeness (QED) is 0.768. The summed E-state index contributed by atoms with van der Waals surface area (Å²) < 4.78 is 23.7. The van der Waals surface area contributed by atoms with Crippen molar-refractivity contribution in [2.45, 2.75) is 63.7 Å². The highest BCUT2D eigenvalue weighted by atomic mass is 32.2. The molecule has 0 saturated carbocycles. The Hall–Kier alpha value is -1.11. The highest BCUT2D eigenvalue weighted by Gasteiger charge is 2.36. The van der Waals surface area contributed by atoms with Gasteiger partial charge in [-0.05, 0) is 46.5 Å². The molecule has 2 fully saturated rings. The van der Waals surface area contributed by atoms with Crippen LogP contribution in [0, 0.1) is 0 Å². The summed E-state index contributed by atoms with van der Waals surface area (Å²) in [5, 5.41) is 0. The van der Waals surface area contributed by atoms with Gasteiger partial charge in [-0.2, -0.15) is 0 Å². The van der Waals surface area contributed by atoms with E-state index in [1.54, 1.807) is 25.7 Å². The summed E-state index contributed by atoms with van der Waals surface area (Å²) in [6.07, 6.45) is 4.20. The van der Waals surface area contributed by atoms with Gasteiger partial charge in [0, 0.05) is 32.1 Å². The van der Waals surface area contributed by atoms with Crippen molar-refractivity contribution in [2.24, 2.45) is 0 Å². The molecule has 0 spiro atoms. The van der Waals surface area contributed by atoms with Gasteiger partial charge in [0.1, 0.15) is 5.75 Å². The van der Waals surface area contributed by atoms with Crippen LogP contribution < -0.4 is 0 Å². The fourth-order valence-electron chi connectivity index (χ4n) is 3.13. The van der Waals surface area contributed by atoms with Crippen LogP contribution in [0.2, 0.25) is 0 Å². The molecule has 2 saturated heterocycles. The highest BCUT2D eigenvalue weighted by molar-refractivity contribution is 7.93. The van der Waals surface area contributed by atoms with Crippen molar-refractivity contribution in [2.75, 3.05) is 25.4 Å². The molecular weight excluding hydrogens is 316 g/mol. The Bertz CT molecular complexity index is 565. The number of sulfone groups is 1. The van der Waals surface area contributed by atoms with Gasteiger partial charge in [-0.25, -0.2) is 8.42 Å². The summed E-state index contributed by atoms with van der Waals surface area (Å²) in [6, 6.07) is -0.0477. The maximum absolute atomic E-state index is 12.6. The van der Waals surface area contributed by atoms with E-state index in [9.17, 15) is 18.0 Å². The first-order chi connectivity index (χ1) is 10.6. The molecule has 2 amide bonds. The Kier molecular flexibility index (Phi) is 5.38. The Balaban J connectivity index is 2.05. The first-order valence-electron chi connectivity index (χ1n) is 8.41. The lowest BCUT2D eigenvalue weighted by molar-refractivity contribution is -0.135. The van der Waals surface area contributed by atoms with E-state index >= 15 is 0 Å². The van der Waals surface area contributed by atoms with Gasteiger partial charge in [0.2, 0.25) is 11.8 Å². The molecule has 23 heavy (non-hydrogen) atoms. The third kappa shape index (κ3) is 4.25. The smallest absolute Gasteiger partial charge is 0.238 e. The Morgan fingerprint density at radius 2 is 1.87 bits per heavy atom. The van der Waals surface area contributed by atoms with Crippen LogP contribution in [0.4, 0.5) is 0 Å². The van der Waals surface area contributed by atoms with E-state index in [0.29, 0.717) is 19.5 Å². The van der Waals surface area contributed by atoms with Crippen molar-refractivity contribution < 1.29 is 18.0 Å². The number of likely N-dealkylation sites (tertiary alicyclic amines) is 2. The molecule has 2 rings (SSSR count). The predicted molar refractivity (Wildman–Crippen MR) is 88.7 cm³/mol. The average Bonchev–Trinajstić information content (AvgIpc) is 2.83. The summed E-state index contributed by atoms with van der Waals surface area (Å²) in [6.45, 7) is 6.73. The number of hydrogen-bond acceptors (Lipinski definition) is 4. The third-order valence-corrected chi connectivity index (χ3v) is 7.29. The van der Waals surface area contributed by atoms with E-state index in [1.165, 1.54) is 0 Å². The van der Waals surface area contributed by atoms with Gasteiger partial charge in [-0.15, -0.1) is 0 Å². The Labute approximate surface area is 139 Å². The lowest BCUT2D eigenvalue weighted by Crippen LogP contribution is -2.52. The molecule has 6 nitrogen and oxygen atoms in total. The predicted octanol–water partition coefficient (Wildman–Crippen LogP) is 1.20. The standard InChI is InChI=1S/C16H28N2O4S/c1-16(2,3)23(21,22)12-15(20)18-10-5-4-7-13(18)11-17-9-6-8-14(17)19/h13H,4-12H2,1-3H3. The topological polar surface area (TPSA) is 74.8 Å². The van der Waals surface area contributed by atoms with Gasteiger partial charge in [-0.3, -0.25) is 9.59 Å². The molecule has 0 bridgehead atoms. The number of carbonyl (C=O) groups is 2. The van der Waals surface area contributed by atoms with E-state index < -0.39 is 20.3 Å². The summed E-state index contributed by atoms with van der Waals surface area (Å²) in [5.41, 5.74) is 0. The molecule has 2 aliphatic heterocycles. The molecule has 0 aliphatic carbocycles. The van der Waals surface area contributed by atoms with Gasteiger partial charge in [-0.1, -0.05) is 0 Å². The maximum atomic E-state index is 12.6. The molecule has 2 heterocycles. The lowest BCUT2D eigenvalue weighted by atomic mass is 10.0. The van der Waals surface area contributed by atoms with E-state index in [0.717, 1.165) is 32.2 Å². The van der Waals surface area contributed by atoms with E-state index in [-0.39, 0.29) is 17.9 Å². The summed E-state index contributed by atoms with van der Waals surface area (Å²) >= 11 is 0. The Morgan fingerprint density at radius 3 is 2.43 bits per heavy atom. The van der Waals surface area contributed by atoms with Crippen LogP contribution in [0.15, 0.2) is 0 Å². The molecule has 1 atom stereocenters. The number of hydrogen-bond donors (Lipinski definition) is 0. The number of nitrogens with zero attached hydrogens (tertiary/aromatic N) is 2. The molecule has 2 aliphatic rings. The van der Waals surface area contributed by atoms with Crippen LogP contribution in [0.3, 0.4) is 0 Å². The molecule has 0 N–H and O–H groups in total. The lowest BCUT2D eigenvalue weighted by Gasteiger charge is -2.38. The van der Waals surface area contributed by atoms with Crippen LogP contribution in [-0.2, 0) is 19.4 Å². The minimum atomic E-state index is -3.48. The second-order valence-electron chi connectivity index (χ2n) is 7.55. The minimum absolute atomic E-state index is 0.0477. The molecule has 7 heteroatoms. The normalized spacial score (nSPS) is 23.4. The van der Waals surface area contributed by atoms with Crippen LogP contribution in [0.25, 0.3) is 0 Å². The van der Waals surface area contributed by atoms with E-state index in [2.05, 4.69) is 0 Å². The zero-order chi connectivity index (χ0) is 17.3. The second-order valence-corrected chi connectivity index (χ2v) is 10.3. The molecule has 0 aromatic carbocycles. The minimum Gasteiger partial charge on any atom is -0.341 e. The Morgan fingerprint density at radius 1 is 1.17 bits per heavy atom. The summed E-state index contributed by atoms with van der Waals surface area (Å²) in [4.78, 5) is 27.9. The van der Waals surface area contributed by atoms with Gasteiger partial charge in [0.05, 0.1) is 4.75 Å². The summed E-state index contributed by atoms with van der Waals surface area (Å²) in [5.74, 6) is -0.623. The van der Waals surface area contributed by atoms with Crippen molar-refractivity contribution in [1.82, 2.24) is 9.80 Å². The fourth-order valence-corrected chi connectivity index (χ4v) is 4.06. The number of carbonyl (C=O) groups excluding carboxylic acids is 2. The van der Waals surface area contributed by atoms with Gasteiger partial charge in [0.15, 0.2) is 9.84 Å².